The van der Waals surface area contributed by atoms with Gasteiger partial charge < -0.3 is 15.5 Å². The topological polar surface area (TPSA) is 45.1 Å². The van der Waals surface area contributed by atoms with Gasteiger partial charge in [0.25, 0.3) is 0 Å². The number of halogens is 3. The highest BCUT2D eigenvalue weighted by Gasteiger charge is 2.34. The van der Waals surface area contributed by atoms with Crippen LogP contribution in [0.15, 0.2) is 6.07 Å². The molecule has 0 aliphatic heterocycles. The first-order valence-corrected chi connectivity index (χ1v) is 7.89. The number of rotatable bonds is 8. The molecule has 23 heavy (non-hydrogen) atoms. The lowest BCUT2D eigenvalue weighted by Gasteiger charge is -2.12. The fraction of sp³-hybridized carbons (Fsp3) is 0.714. The van der Waals surface area contributed by atoms with Gasteiger partial charge in [-0.1, -0.05) is 0 Å². The number of aromatic nitrogens is 2. The van der Waals surface area contributed by atoms with E-state index in [2.05, 4.69) is 20.6 Å². The minimum atomic E-state index is -4.40. The zero-order chi connectivity index (χ0) is 17.5. The zero-order valence-electron chi connectivity index (χ0n) is 13.7. The summed E-state index contributed by atoms with van der Waals surface area (Å²) in [6.45, 7) is 4.39. The van der Waals surface area contributed by atoms with Crippen molar-refractivity contribution >= 4 is 17.3 Å². The first-order valence-electron chi connectivity index (χ1n) is 7.48. The molecule has 0 bridgehead atoms. The Kier molecular flexibility index (Phi) is 7.77. The van der Waals surface area contributed by atoms with Crippen molar-refractivity contribution in [3.63, 3.8) is 0 Å². The maximum absolute atomic E-state index is 12.6. The average molecular weight is 351 g/mol. The van der Waals surface area contributed by atoms with Crippen molar-refractivity contribution in [3.8, 4) is 0 Å². The monoisotopic (exact) mass is 351 g/mol. The maximum atomic E-state index is 12.6. The summed E-state index contributed by atoms with van der Waals surface area (Å²) in [5.74, 6) is 0. The Morgan fingerprint density at radius 2 is 1.87 bits per heavy atom. The Hall–Kier alpha value is -1.35. The van der Waals surface area contributed by atoms with Crippen LogP contribution in [0.2, 0.25) is 0 Å². The summed E-state index contributed by atoms with van der Waals surface area (Å²) in [7, 11) is 4.02. The number of hydrogen-bond donors (Lipinski definition) is 2. The molecule has 0 radical (unpaired) electrons. The van der Waals surface area contributed by atoms with Crippen molar-refractivity contribution in [1.29, 1.82) is 0 Å². The Balaban J connectivity index is 2.22. The van der Waals surface area contributed by atoms with E-state index >= 15 is 0 Å². The number of hydrogen-bond acceptors (Lipinski definition) is 3. The molecule has 0 atom stereocenters. The lowest BCUT2D eigenvalue weighted by atomic mass is 10.3. The predicted octanol–water partition coefficient (Wildman–Crippen LogP) is 2.02. The number of thiocarbonyl (C=S) groups is 1. The van der Waals surface area contributed by atoms with Gasteiger partial charge >= 0.3 is 6.18 Å². The van der Waals surface area contributed by atoms with Gasteiger partial charge in [-0.2, -0.15) is 18.3 Å². The highest BCUT2D eigenvalue weighted by atomic mass is 32.1. The fourth-order valence-electron chi connectivity index (χ4n) is 1.97. The lowest BCUT2D eigenvalue weighted by molar-refractivity contribution is -0.141. The quantitative estimate of drug-likeness (QED) is 0.554. The van der Waals surface area contributed by atoms with Crippen LogP contribution in [0.25, 0.3) is 0 Å². The van der Waals surface area contributed by atoms with Gasteiger partial charge in [0.2, 0.25) is 0 Å². The van der Waals surface area contributed by atoms with Gasteiger partial charge in [-0.3, -0.25) is 4.68 Å². The second-order valence-electron chi connectivity index (χ2n) is 5.58. The van der Waals surface area contributed by atoms with Crippen molar-refractivity contribution in [3.05, 3.63) is 17.5 Å². The van der Waals surface area contributed by atoms with Crippen molar-refractivity contribution in [2.75, 3.05) is 33.7 Å². The molecule has 0 aromatic carbocycles. The summed E-state index contributed by atoms with van der Waals surface area (Å²) in [6, 6.07) is 1.06. The van der Waals surface area contributed by atoms with E-state index in [-0.39, 0.29) is 0 Å². The molecule has 0 amide bonds. The molecule has 0 spiro atoms. The van der Waals surface area contributed by atoms with Crippen LogP contribution in [0.3, 0.4) is 0 Å². The van der Waals surface area contributed by atoms with Crippen LogP contribution in [0.5, 0.6) is 0 Å². The average Bonchev–Trinajstić information content (AvgIpc) is 2.81. The summed E-state index contributed by atoms with van der Waals surface area (Å²) in [5, 5.41) is 10.3. The fourth-order valence-corrected chi connectivity index (χ4v) is 2.17. The zero-order valence-corrected chi connectivity index (χ0v) is 14.5. The molecule has 0 saturated carbocycles. The smallest absolute Gasteiger partial charge is 0.363 e. The second kappa shape index (κ2) is 9.07. The molecule has 0 aliphatic rings. The van der Waals surface area contributed by atoms with Crippen LogP contribution < -0.4 is 10.6 Å². The van der Waals surface area contributed by atoms with Crippen molar-refractivity contribution in [1.82, 2.24) is 25.3 Å². The number of nitrogens with zero attached hydrogens (tertiary/aromatic N) is 3. The molecular weight excluding hydrogens is 327 g/mol. The normalized spacial score (nSPS) is 11.8. The lowest BCUT2D eigenvalue weighted by Crippen LogP contribution is -2.37. The van der Waals surface area contributed by atoms with E-state index in [9.17, 15) is 13.2 Å². The van der Waals surface area contributed by atoms with Gasteiger partial charge in [0.15, 0.2) is 10.8 Å². The van der Waals surface area contributed by atoms with Gasteiger partial charge in [0.1, 0.15) is 0 Å². The SMILES string of the molecule is Cc1cc(C(F)(F)F)nn1CCCNC(=S)NCCCN(C)C. The predicted molar refractivity (Wildman–Crippen MR) is 88.4 cm³/mol. The summed E-state index contributed by atoms with van der Waals surface area (Å²) >= 11 is 5.13. The van der Waals surface area contributed by atoms with Gasteiger partial charge in [0, 0.05) is 25.3 Å². The van der Waals surface area contributed by atoms with Crippen LogP contribution in [0.1, 0.15) is 24.2 Å². The number of alkyl halides is 3. The van der Waals surface area contributed by atoms with Crippen LogP contribution in [-0.4, -0.2) is 53.5 Å². The molecule has 2 N–H and O–H groups in total. The summed E-state index contributed by atoms with van der Waals surface area (Å²) in [5.41, 5.74) is -0.345. The Morgan fingerprint density at radius 3 is 2.39 bits per heavy atom. The largest absolute Gasteiger partial charge is 0.435 e. The molecule has 132 valence electrons. The highest BCUT2D eigenvalue weighted by Crippen LogP contribution is 2.28. The molecular formula is C14H24F3N5S. The van der Waals surface area contributed by atoms with Crippen LogP contribution in [0, 0.1) is 6.92 Å². The summed E-state index contributed by atoms with van der Waals surface area (Å²) < 4.78 is 39.0. The van der Waals surface area contributed by atoms with E-state index in [1.807, 2.05) is 14.1 Å². The first-order chi connectivity index (χ1) is 10.7. The Bertz CT molecular complexity index is 499. The van der Waals surface area contributed by atoms with Crippen LogP contribution in [0.4, 0.5) is 13.2 Å². The van der Waals surface area contributed by atoms with E-state index < -0.39 is 11.9 Å². The van der Waals surface area contributed by atoms with Gasteiger partial charge in [-0.25, -0.2) is 0 Å². The van der Waals surface area contributed by atoms with Gasteiger partial charge in [-0.05, 0) is 58.7 Å². The van der Waals surface area contributed by atoms with Crippen molar-refractivity contribution < 1.29 is 13.2 Å². The number of aryl methyl sites for hydroxylation is 2. The van der Waals surface area contributed by atoms with E-state index in [1.54, 1.807) is 6.92 Å². The van der Waals surface area contributed by atoms with E-state index in [0.29, 0.717) is 30.3 Å². The van der Waals surface area contributed by atoms with Crippen LogP contribution in [-0.2, 0) is 12.7 Å². The molecule has 1 rings (SSSR count). The third kappa shape index (κ3) is 7.65. The minimum absolute atomic E-state index is 0.415. The summed E-state index contributed by atoms with van der Waals surface area (Å²) in [6.07, 6.45) is -2.77. The van der Waals surface area contributed by atoms with E-state index in [1.165, 1.54) is 4.68 Å². The first kappa shape index (κ1) is 19.7. The minimum Gasteiger partial charge on any atom is -0.363 e. The maximum Gasteiger partial charge on any atom is 0.435 e. The molecule has 1 aromatic rings. The van der Waals surface area contributed by atoms with Gasteiger partial charge in [-0.15, -0.1) is 0 Å². The number of nitrogens with one attached hydrogen (secondary N) is 2. The van der Waals surface area contributed by atoms with Gasteiger partial charge in [0.05, 0.1) is 0 Å². The second-order valence-corrected chi connectivity index (χ2v) is 5.99. The summed E-state index contributed by atoms with van der Waals surface area (Å²) in [4.78, 5) is 2.10. The Morgan fingerprint density at radius 1 is 1.26 bits per heavy atom. The van der Waals surface area contributed by atoms with E-state index in [4.69, 9.17) is 12.2 Å². The van der Waals surface area contributed by atoms with E-state index in [0.717, 1.165) is 25.6 Å². The molecule has 0 fully saturated rings. The third-order valence-corrected chi connectivity index (χ3v) is 3.46. The molecule has 1 heterocycles. The van der Waals surface area contributed by atoms with Crippen LogP contribution >= 0.6 is 12.2 Å². The van der Waals surface area contributed by atoms with Crippen molar-refractivity contribution in [2.45, 2.75) is 32.5 Å². The molecule has 9 heteroatoms. The molecule has 0 aliphatic carbocycles. The Labute approximate surface area is 140 Å². The highest BCUT2D eigenvalue weighted by molar-refractivity contribution is 7.80. The molecule has 5 nitrogen and oxygen atoms in total. The molecule has 0 saturated heterocycles. The molecule has 0 unspecified atom stereocenters. The third-order valence-electron chi connectivity index (χ3n) is 3.17. The molecule has 1 aromatic heterocycles. The van der Waals surface area contributed by atoms with Crippen molar-refractivity contribution in [2.24, 2.45) is 0 Å². The standard InChI is InChI=1S/C14H24F3N5S/c1-11-10-12(14(15,16)17)20-22(11)9-5-7-19-13(23)18-6-4-8-21(2)3/h10H,4-9H2,1-3H3,(H2,18,19,23).